The van der Waals surface area contributed by atoms with E-state index in [2.05, 4.69) is 44.0 Å². The lowest BCUT2D eigenvalue weighted by Gasteiger charge is -2.40. The Balaban J connectivity index is 1.83. The van der Waals surface area contributed by atoms with Crippen molar-refractivity contribution in [1.29, 1.82) is 0 Å². The van der Waals surface area contributed by atoms with Gasteiger partial charge in [0, 0.05) is 0 Å². The second-order valence-corrected chi connectivity index (χ2v) is 10.6. The molecule has 2 rings (SSSR count). The molecule has 0 amide bonds. The Hall–Kier alpha value is -1.37. The van der Waals surface area contributed by atoms with E-state index in [0.29, 0.717) is 5.92 Å². The van der Waals surface area contributed by atoms with E-state index >= 15 is 0 Å². The molecule has 1 unspecified atom stereocenters. The third-order valence-corrected chi connectivity index (χ3v) is 7.69. The Bertz CT molecular complexity index is 822. The van der Waals surface area contributed by atoms with Gasteiger partial charge in [-0.3, -0.25) is 4.55 Å². The molecule has 1 aromatic rings. The van der Waals surface area contributed by atoms with E-state index in [4.69, 9.17) is 8.97 Å². The molecule has 0 saturated carbocycles. The molecule has 1 aliphatic carbocycles. The fourth-order valence-corrected chi connectivity index (χ4v) is 4.95. The zero-order valence-corrected chi connectivity index (χ0v) is 20.4. The first-order valence-corrected chi connectivity index (χ1v) is 12.9. The summed E-state index contributed by atoms with van der Waals surface area (Å²) < 4.78 is 40.7. The standard InChI is InChI=1S/C25H40O5S/c1-20(14-16-25(4)21(2)9-6-10-22(25)3)8-5-11-23(19-30-31(26,27)28)12-7-13-24-15-17-29-18-24/h8-9,15,17-18,22-23H,5-7,10-14,16,19H2,1-4H3,(H,26,27,28)/b20-8+/t22-,23?,25-/m1/s1. The van der Waals surface area contributed by atoms with Crippen LogP contribution >= 0.6 is 0 Å². The van der Waals surface area contributed by atoms with E-state index in [9.17, 15) is 8.42 Å². The molecule has 1 aromatic heterocycles. The molecule has 6 heteroatoms. The summed E-state index contributed by atoms with van der Waals surface area (Å²) in [5.74, 6) is 0.793. The molecule has 1 heterocycles. The maximum absolute atomic E-state index is 11.0. The molecule has 0 saturated heterocycles. The summed E-state index contributed by atoms with van der Waals surface area (Å²) in [7, 11) is -4.40. The molecule has 5 nitrogen and oxygen atoms in total. The predicted molar refractivity (Wildman–Crippen MR) is 125 cm³/mol. The highest BCUT2D eigenvalue weighted by atomic mass is 32.3. The van der Waals surface area contributed by atoms with Gasteiger partial charge < -0.3 is 4.42 Å². The first kappa shape index (κ1) is 25.9. The summed E-state index contributed by atoms with van der Waals surface area (Å²) in [5, 5.41) is 0. The van der Waals surface area contributed by atoms with Gasteiger partial charge in [0.05, 0.1) is 19.1 Å². The second kappa shape index (κ2) is 12.0. The topological polar surface area (TPSA) is 76.7 Å². The van der Waals surface area contributed by atoms with Crippen LogP contribution in [0.4, 0.5) is 0 Å². The Labute approximate surface area is 188 Å². The van der Waals surface area contributed by atoms with Gasteiger partial charge in [-0.2, -0.15) is 8.42 Å². The maximum Gasteiger partial charge on any atom is 0.397 e. The third-order valence-electron chi connectivity index (χ3n) is 7.26. The molecular formula is C25H40O5S. The molecule has 0 aromatic carbocycles. The average molecular weight is 453 g/mol. The van der Waals surface area contributed by atoms with Crippen LogP contribution in [0.2, 0.25) is 0 Å². The normalized spacial score (nSPS) is 23.6. The van der Waals surface area contributed by atoms with Crippen molar-refractivity contribution in [1.82, 2.24) is 0 Å². The highest BCUT2D eigenvalue weighted by Gasteiger charge is 2.34. The highest BCUT2D eigenvalue weighted by molar-refractivity contribution is 7.80. The second-order valence-electron chi connectivity index (χ2n) is 9.51. The van der Waals surface area contributed by atoms with Gasteiger partial charge >= 0.3 is 10.4 Å². The number of allylic oxidation sites excluding steroid dienone is 4. The van der Waals surface area contributed by atoms with Crippen LogP contribution in [0.3, 0.4) is 0 Å². The molecule has 31 heavy (non-hydrogen) atoms. The molecule has 0 radical (unpaired) electrons. The summed E-state index contributed by atoms with van der Waals surface area (Å²) >= 11 is 0. The van der Waals surface area contributed by atoms with E-state index in [1.807, 2.05) is 6.07 Å². The van der Waals surface area contributed by atoms with Gasteiger partial charge in [0.2, 0.25) is 0 Å². The van der Waals surface area contributed by atoms with Crippen LogP contribution < -0.4 is 0 Å². The molecule has 0 aliphatic heterocycles. The number of rotatable bonds is 13. The van der Waals surface area contributed by atoms with E-state index < -0.39 is 10.4 Å². The molecule has 1 N–H and O–H groups in total. The van der Waals surface area contributed by atoms with Crippen molar-refractivity contribution in [2.75, 3.05) is 6.61 Å². The van der Waals surface area contributed by atoms with Gasteiger partial charge in [0.15, 0.2) is 0 Å². The van der Waals surface area contributed by atoms with Crippen LogP contribution in [-0.4, -0.2) is 19.6 Å². The fourth-order valence-electron chi connectivity index (χ4n) is 4.58. The Morgan fingerprint density at radius 1 is 1.42 bits per heavy atom. The zero-order valence-electron chi connectivity index (χ0n) is 19.6. The molecular weight excluding hydrogens is 412 g/mol. The van der Waals surface area contributed by atoms with Crippen molar-refractivity contribution in [3.8, 4) is 0 Å². The Morgan fingerprint density at radius 3 is 2.84 bits per heavy atom. The van der Waals surface area contributed by atoms with Gasteiger partial charge in [-0.1, -0.05) is 37.1 Å². The first-order valence-electron chi connectivity index (χ1n) is 11.6. The lowest BCUT2D eigenvalue weighted by Crippen LogP contribution is -2.29. The van der Waals surface area contributed by atoms with Crippen molar-refractivity contribution in [3.05, 3.63) is 47.5 Å². The first-order chi connectivity index (χ1) is 14.6. The van der Waals surface area contributed by atoms with E-state index in [-0.39, 0.29) is 17.9 Å². The van der Waals surface area contributed by atoms with Gasteiger partial charge in [0.25, 0.3) is 0 Å². The minimum absolute atomic E-state index is 0.0245. The fraction of sp³-hybridized carbons (Fsp3) is 0.680. The Morgan fingerprint density at radius 2 is 2.19 bits per heavy atom. The van der Waals surface area contributed by atoms with Gasteiger partial charge in [0.1, 0.15) is 0 Å². The minimum Gasteiger partial charge on any atom is -0.472 e. The van der Waals surface area contributed by atoms with E-state index in [1.165, 1.54) is 30.4 Å². The minimum atomic E-state index is -4.40. The number of furan rings is 1. The van der Waals surface area contributed by atoms with Crippen molar-refractivity contribution in [2.45, 2.75) is 85.5 Å². The molecule has 3 atom stereocenters. The van der Waals surface area contributed by atoms with Crippen molar-refractivity contribution < 1.29 is 21.6 Å². The summed E-state index contributed by atoms with van der Waals surface area (Å²) in [4.78, 5) is 0. The Kier molecular flexibility index (Phi) is 10.0. The molecule has 0 fully saturated rings. The van der Waals surface area contributed by atoms with Crippen molar-refractivity contribution >= 4 is 10.4 Å². The summed E-state index contributed by atoms with van der Waals surface area (Å²) in [6.45, 7) is 9.27. The predicted octanol–water partition coefficient (Wildman–Crippen LogP) is 6.93. The van der Waals surface area contributed by atoms with Crippen LogP contribution in [0.1, 0.15) is 84.6 Å². The van der Waals surface area contributed by atoms with Crippen molar-refractivity contribution in [2.24, 2.45) is 17.3 Å². The van der Waals surface area contributed by atoms with Gasteiger partial charge in [-0.15, -0.1) is 0 Å². The third kappa shape index (κ3) is 8.95. The molecule has 176 valence electrons. The smallest absolute Gasteiger partial charge is 0.397 e. The van der Waals surface area contributed by atoms with E-state index in [1.54, 1.807) is 12.5 Å². The van der Waals surface area contributed by atoms with Crippen LogP contribution in [0.25, 0.3) is 0 Å². The number of hydrogen-bond acceptors (Lipinski definition) is 4. The molecule has 0 spiro atoms. The van der Waals surface area contributed by atoms with Crippen LogP contribution in [-0.2, 0) is 21.0 Å². The van der Waals surface area contributed by atoms with Crippen molar-refractivity contribution in [3.63, 3.8) is 0 Å². The van der Waals surface area contributed by atoms with Crippen LogP contribution in [0.15, 0.2) is 46.3 Å². The van der Waals surface area contributed by atoms with Gasteiger partial charge in [-0.25, -0.2) is 4.18 Å². The molecule has 0 bridgehead atoms. The summed E-state index contributed by atoms with van der Waals surface area (Å²) in [6, 6.07) is 1.94. The summed E-state index contributed by atoms with van der Waals surface area (Å²) in [6.07, 6.45) is 17.2. The van der Waals surface area contributed by atoms with Crippen LogP contribution in [0, 0.1) is 17.3 Å². The average Bonchev–Trinajstić information content (AvgIpc) is 3.21. The highest BCUT2D eigenvalue weighted by Crippen LogP contribution is 2.45. The maximum atomic E-state index is 11.0. The summed E-state index contributed by atoms with van der Waals surface area (Å²) in [5.41, 5.74) is 4.34. The molecule has 1 aliphatic rings. The number of aryl methyl sites for hydroxylation is 1. The zero-order chi connectivity index (χ0) is 22.9. The lowest BCUT2D eigenvalue weighted by atomic mass is 9.65. The monoisotopic (exact) mass is 452 g/mol. The SMILES string of the molecule is CC1=CCC[C@@H](C)[C@]1(C)CC/C(C)=C/CCC(CCCc1ccoc1)COS(=O)(=O)O. The lowest BCUT2D eigenvalue weighted by molar-refractivity contribution is 0.208. The quantitative estimate of drug-likeness (QED) is 0.259. The van der Waals surface area contributed by atoms with Crippen LogP contribution in [0.5, 0.6) is 0 Å². The largest absolute Gasteiger partial charge is 0.472 e. The van der Waals surface area contributed by atoms with Gasteiger partial charge in [-0.05, 0) is 101 Å². The number of hydrogen-bond donors (Lipinski definition) is 1. The van der Waals surface area contributed by atoms with E-state index in [0.717, 1.165) is 44.1 Å².